The lowest BCUT2D eigenvalue weighted by molar-refractivity contribution is -0.153. The van der Waals surface area contributed by atoms with Crippen molar-refractivity contribution in [2.75, 3.05) is 0 Å². The molecule has 0 aromatic heterocycles. The van der Waals surface area contributed by atoms with Gasteiger partial charge in [0.15, 0.2) is 0 Å². The van der Waals surface area contributed by atoms with Gasteiger partial charge in [-0.3, -0.25) is 9.59 Å². The molecule has 4 nitrogen and oxygen atoms in total. The van der Waals surface area contributed by atoms with Crippen LogP contribution in [0.5, 0.6) is 0 Å². The fraction of sp³-hybridized carbons (Fsp3) is 0.500. The van der Waals surface area contributed by atoms with Crippen molar-refractivity contribution in [2.24, 2.45) is 11.8 Å². The number of rotatable bonds is 2. The lowest BCUT2D eigenvalue weighted by Crippen LogP contribution is -2.30. The zero-order valence-electron chi connectivity index (χ0n) is 6.43. The largest absolute Gasteiger partial charge is 0.481 e. The normalized spacial score (nSPS) is 28.3. The van der Waals surface area contributed by atoms with Gasteiger partial charge in [0.25, 0.3) is 0 Å². The van der Waals surface area contributed by atoms with Crippen molar-refractivity contribution >= 4 is 11.9 Å². The van der Waals surface area contributed by atoms with Crippen molar-refractivity contribution in [3.63, 3.8) is 0 Å². The highest BCUT2D eigenvalue weighted by molar-refractivity contribution is 5.80. The summed E-state index contributed by atoms with van der Waals surface area (Å²) in [7, 11) is 0. The van der Waals surface area contributed by atoms with Crippen LogP contribution in [-0.2, 0) is 9.59 Å². The van der Waals surface area contributed by atoms with E-state index in [9.17, 15) is 9.59 Å². The molecule has 0 heterocycles. The van der Waals surface area contributed by atoms with Gasteiger partial charge in [-0.05, 0) is 12.8 Å². The standard InChI is InChI=1S/C8H10O4/c9-7(10)5-3-1-2-4-6(5)8(11)12/h1-2,5-6H,3-4H2,(H,9,10)(H,11,12)/t5-,6?/m1/s1. The highest BCUT2D eigenvalue weighted by Gasteiger charge is 2.33. The number of hydrogen-bond acceptors (Lipinski definition) is 2. The minimum atomic E-state index is -1.02. The lowest BCUT2D eigenvalue weighted by atomic mass is 9.83. The molecule has 0 bridgehead atoms. The quantitative estimate of drug-likeness (QED) is 0.599. The molecule has 0 aromatic carbocycles. The minimum Gasteiger partial charge on any atom is -0.481 e. The summed E-state index contributed by atoms with van der Waals surface area (Å²) in [5, 5.41) is 17.3. The average molecular weight is 170 g/mol. The highest BCUT2D eigenvalue weighted by atomic mass is 16.4. The average Bonchev–Trinajstić information content (AvgIpc) is 2.04. The van der Waals surface area contributed by atoms with Crippen molar-refractivity contribution in [2.45, 2.75) is 12.8 Å². The minimum absolute atomic E-state index is 0.326. The lowest BCUT2D eigenvalue weighted by Gasteiger charge is -2.20. The first-order valence-corrected chi connectivity index (χ1v) is 3.73. The smallest absolute Gasteiger partial charge is 0.307 e. The number of carbonyl (C=O) groups is 2. The Labute approximate surface area is 69.5 Å². The van der Waals surface area contributed by atoms with E-state index in [0.29, 0.717) is 12.8 Å². The van der Waals surface area contributed by atoms with Crippen LogP contribution in [0, 0.1) is 11.8 Å². The Morgan fingerprint density at radius 1 is 1.00 bits per heavy atom. The first-order chi connectivity index (χ1) is 5.63. The molecule has 1 rings (SSSR count). The second-order valence-electron chi connectivity index (χ2n) is 2.83. The van der Waals surface area contributed by atoms with Crippen molar-refractivity contribution in [3.05, 3.63) is 12.2 Å². The van der Waals surface area contributed by atoms with E-state index in [-0.39, 0.29) is 0 Å². The summed E-state index contributed by atoms with van der Waals surface area (Å²) in [6.07, 6.45) is 4.09. The van der Waals surface area contributed by atoms with E-state index in [2.05, 4.69) is 0 Å². The molecular formula is C8H10O4. The predicted molar refractivity (Wildman–Crippen MR) is 40.6 cm³/mol. The molecule has 0 spiro atoms. The second kappa shape index (κ2) is 3.38. The Balaban J connectivity index is 2.76. The molecule has 0 radical (unpaired) electrons. The van der Waals surface area contributed by atoms with Crippen LogP contribution in [0.2, 0.25) is 0 Å². The van der Waals surface area contributed by atoms with E-state index in [4.69, 9.17) is 10.2 Å². The van der Waals surface area contributed by atoms with Gasteiger partial charge in [-0.1, -0.05) is 12.2 Å². The van der Waals surface area contributed by atoms with Gasteiger partial charge in [0.05, 0.1) is 11.8 Å². The summed E-state index contributed by atoms with van der Waals surface area (Å²) >= 11 is 0. The number of carboxylic acid groups (broad SMARTS) is 2. The van der Waals surface area contributed by atoms with Gasteiger partial charge < -0.3 is 10.2 Å². The van der Waals surface area contributed by atoms with Gasteiger partial charge in [-0.25, -0.2) is 0 Å². The summed E-state index contributed by atoms with van der Waals surface area (Å²) in [5.41, 5.74) is 0. The molecule has 12 heavy (non-hydrogen) atoms. The van der Waals surface area contributed by atoms with Gasteiger partial charge in [-0.2, -0.15) is 0 Å². The third-order valence-corrected chi connectivity index (χ3v) is 2.07. The Kier molecular flexibility index (Phi) is 2.47. The fourth-order valence-electron chi connectivity index (χ4n) is 1.36. The Morgan fingerprint density at radius 3 is 1.58 bits per heavy atom. The molecule has 0 fully saturated rings. The van der Waals surface area contributed by atoms with Crippen molar-refractivity contribution in [1.29, 1.82) is 0 Å². The van der Waals surface area contributed by atoms with Crippen LogP contribution >= 0.6 is 0 Å². The van der Waals surface area contributed by atoms with Crippen LogP contribution in [-0.4, -0.2) is 22.2 Å². The Bertz CT molecular complexity index is 207. The third-order valence-electron chi connectivity index (χ3n) is 2.07. The molecule has 1 aliphatic rings. The zero-order valence-corrected chi connectivity index (χ0v) is 6.43. The molecule has 0 aliphatic heterocycles. The van der Waals surface area contributed by atoms with E-state index < -0.39 is 23.8 Å². The molecule has 1 aliphatic carbocycles. The first-order valence-electron chi connectivity index (χ1n) is 3.73. The van der Waals surface area contributed by atoms with Gasteiger partial charge in [-0.15, -0.1) is 0 Å². The van der Waals surface area contributed by atoms with Crippen LogP contribution in [0.15, 0.2) is 12.2 Å². The van der Waals surface area contributed by atoms with Crippen LogP contribution in [0.1, 0.15) is 12.8 Å². The molecule has 0 aromatic rings. The third kappa shape index (κ3) is 1.64. The summed E-state index contributed by atoms with van der Waals surface area (Å²) in [6.45, 7) is 0. The fourth-order valence-corrected chi connectivity index (χ4v) is 1.36. The van der Waals surface area contributed by atoms with Crippen LogP contribution in [0.3, 0.4) is 0 Å². The van der Waals surface area contributed by atoms with Crippen molar-refractivity contribution in [1.82, 2.24) is 0 Å². The summed E-state index contributed by atoms with van der Waals surface area (Å²) < 4.78 is 0. The van der Waals surface area contributed by atoms with E-state index in [1.54, 1.807) is 12.2 Å². The maximum atomic E-state index is 10.6. The number of hydrogen-bond donors (Lipinski definition) is 2. The van der Waals surface area contributed by atoms with E-state index in [0.717, 1.165) is 0 Å². The molecule has 0 amide bonds. The predicted octanol–water partition coefficient (Wildman–Crippen LogP) is 0.738. The molecule has 2 N–H and O–H groups in total. The van der Waals surface area contributed by atoms with Crippen molar-refractivity contribution < 1.29 is 19.8 Å². The van der Waals surface area contributed by atoms with E-state index in [1.165, 1.54) is 0 Å². The molecule has 1 unspecified atom stereocenters. The SMILES string of the molecule is O=C(O)C1CC=CC[C@H]1C(=O)O. The summed E-state index contributed by atoms with van der Waals surface area (Å²) in [5.74, 6) is -3.56. The van der Waals surface area contributed by atoms with Crippen LogP contribution in [0.25, 0.3) is 0 Å². The van der Waals surface area contributed by atoms with Gasteiger partial charge in [0.1, 0.15) is 0 Å². The maximum absolute atomic E-state index is 10.6. The maximum Gasteiger partial charge on any atom is 0.307 e. The Morgan fingerprint density at radius 2 is 1.33 bits per heavy atom. The molecule has 66 valence electrons. The van der Waals surface area contributed by atoms with Gasteiger partial charge >= 0.3 is 11.9 Å². The number of carboxylic acids is 2. The second-order valence-corrected chi connectivity index (χ2v) is 2.83. The van der Waals surface area contributed by atoms with E-state index in [1.807, 2.05) is 0 Å². The topological polar surface area (TPSA) is 74.6 Å². The molecule has 4 heteroatoms. The first kappa shape index (κ1) is 8.77. The molecule has 0 saturated heterocycles. The number of allylic oxidation sites excluding steroid dienone is 2. The van der Waals surface area contributed by atoms with Crippen LogP contribution in [0.4, 0.5) is 0 Å². The zero-order chi connectivity index (χ0) is 9.14. The van der Waals surface area contributed by atoms with Gasteiger partial charge in [0.2, 0.25) is 0 Å². The molecule has 2 atom stereocenters. The summed E-state index contributed by atoms with van der Waals surface area (Å²) in [4.78, 5) is 21.1. The molecular weight excluding hydrogens is 160 g/mol. The van der Waals surface area contributed by atoms with Gasteiger partial charge in [0, 0.05) is 0 Å². The Hall–Kier alpha value is -1.32. The molecule has 0 saturated carbocycles. The van der Waals surface area contributed by atoms with Crippen molar-refractivity contribution in [3.8, 4) is 0 Å². The monoisotopic (exact) mass is 170 g/mol. The summed E-state index contributed by atoms with van der Waals surface area (Å²) in [6, 6.07) is 0. The van der Waals surface area contributed by atoms with E-state index >= 15 is 0 Å². The number of aliphatic carboxylic acids is 2. The van der Waals surface area contributed by atoms with Crippen LogP contribution < -0.4 is 0 Å². The highest BCUT2D eigenvalue weighted by Crippen LogP contribution is 2.25.